The minimum atomic E-state index is 0.160. The minimum Gasteiger partial charge on any atom is -0.330 e. The minimum absolute atomic E-state index is 0.160. The van der Waals surface area contributed by atoms with E-state index in [-0.39, 0.29) is 12.1 Å². The van der Waals surface area contributed by atoms with Crippen molar-refractivity contribution < 1.29 is 4.79 Å². The highest BCUT2D eigenvalue weighted by molar-refractivity contribution is 5.74. The molecule has 1 aliphatic rings. The van der Waals surface area contributed by atoms with Crippen molar-refractivity contribution in [1.82, 2.24) is 9.80 Å². The Kier molecular flexibility index (Phi) is 5.06. The van der Waals surface area contributed by atoms with Crippen molar-refractivity contribution in [3.05, 3.63) is 0 Å². The van der Waals surface area contributed by atoms with Crippen LogP contribution in [0.4, 0.5) is 4.79 Å². The average molecular weight is 227 g/mol. The topological polar surface area (TPSA) is 49.6 Å². The molecule has 16 heavy (non-hydrogen) atoms. The van der Waals surface area contributed by atoms with E-state index in [9.17, 15) is 4.79 Å². The van der Waals surface area contributed by atoms with E-state index in [4.69, 9.17) is 5.73 Å². The number of carbonyl (C=O) groups is 1. The largest absolute Gasteiger partial charge is 0.330 e. The number of amides is 2. The third-order valence-corrected chi connectivity index (χ3v) is 3.60. The van der Waals surface area contributed by atoms with E-state index in [1.54, 1.807) is 0 Å². The lowest BCUT2D eigenvalue weighted by Gasteiger charge is -2.35. The molecule has 2 N–H and O–H groups in total. The van der Waals surface area contributed by atoms with Gasteiger partial charge < -0.3 is 15.5 Å². The summed E-state index contributed by atoms with van der Waals surface area (Å²) in [5.41, 5.74) is 5.51. The maximum Gasteiger partial charge on any atom is 0.319 e. The fourth-order valence-corrected chi connectivity index (χ4v) is 2.05. The Morgan fingerprint density at radius 3 is 2.56 bits per heavy atom. The van der Waals surface area contributed by atoms with Gasteiger partial charge in [0, 0.05) is 26.2 Å². The summed E-state index contributed by atoms with van der Waals surface area (Å²) in [4.78, 5) is 15.9. The van der Waals surface area contributed by atoms with Gasteiger partial charge in [0.1, 0.15) is 0 Å². The zero-order chi connectivity index (χ0) is 12.1. The second kappa shape index (κ2) is 6.09. The van der Waals surface area contributed by atoms with Crippen LogP contribution in [0.15, 0.2) is 0 Å². The van der Waals surface area contributed by atoms with Gasteiger partial charge in [0.2, 0.25) is 0 Å². The molecule has 0 radical (unpaired) electrons. The van der Waals surface area contributed by atoms with Gasteiger partial charge in [-0.05, 0) is 38.6 Å². The molecule has 4 heteroatoms. The average Bonchev–Trinajstić information content (AvgIpc) is 2.28. The molecule has 0 bridgehead atoms. The standard InChI is InChI=1S/C12H25N3O/c1-10-5-8-15(9-6-10)12(16)14(3)11(2)4-7-13/h10-11H,4-9,13H2,1-3H3. The van der Waals surface area contributed by atoms with Gasteiger partial charge in [-0.1, -0.05) is 6.92 Å². The van der Waals surface area contributed by atoms with Gasteiger partial charge in [0.05, 0.1) is 0 Å². The van der Waals surface area contributed by atoms with Crippen molar-refractivity contribution in [3.63, 3.8) is 0 Å². The maximum absolute atomic E-state index is 12.1. The summed E-state index contributed by atoms with van der Waals surface area (Å²) in [6, 6.07) is 0.393. The normalized spacial score (nSPS) is 19.6. The van der Waals surface area contributed by atoms with Gasteiger partial charge in [-0.15, -0.1) is 0 Å². The van der Waals surface area contributed by atoms with Crippen LogP contribution in [0.5, 0.6) is 0 Å². The number of nitrogens with zero attached hydrogens (tertiary/aromatic N) is 2. The number of hydrogen-bond acceptors (Lipinski definition) is 2. The van der Waals surface area contributed by atoms with Crippen LogP contribution in [0, 0.1) is 5.92 Å². The van der Waals surface area contributed by atoms with Gasteiger partial charge in [0.15, 0.2) is 0 Å². The number of urea groups is 1. The predicted octanol–water partition coefficient (Wildman–Crippen LogP) is 1.51. The summed E-state index contributed by atoms with van der Waals surface area (Å²) in [6.07, 6.45) is 3.13. The molecule has 0 aliphatic carbocycles. The molecular formula is C12H25N3O. The molecule has 4 nitrogen and oxygen atoms in total. The quantitative estimate of drug-likeness (QED) is 0.794. The third kappa shape index (κ3) is 3.37. The highest BCUT2D eigenvalue weighted by Gasteiger charge is 2.24. The van der Waals surface area contributed by atoms with Crippen LogP contribution in [-0.4, -0.2) is 48.6 Å². The summed E-state index contributed by atoms with van der Waals surface area (Å²) in [5.74, 6) is 0.760. The van der Waals surface area contributed by atoms with Crippen molar-refractivity contribution in [2.24, 2.45) is 11.7 Å². The highest BCUT2D eigenvalue weighted by atomic mass is 16.2. The van der Waals surface area contributed by atoms with Crippen LogP contribution in [-0.2, 0) is 0 Å². The molecule has 1 unspecified atom stereocenters. The van der Waals surface area contributed by atoms with E-state index in [2.05, 4.69) is 13.8 Å². The Morgan fingerprint density at radius 2 is 2.06 bits per heavy atom. The zero-order valence-electron chi connectivity index (χ0n) is 10.8. The second-order valence-corrected chi connectivity index (χ2v) is 4.99. The first kappa shape index (κ1) is 13.3. The number of rotatable bonds is 3. The summed E-state index contributed by atoms with van der Waals surface area (Å²) in [7, 11) is 1.88. The number of nitrogens with two attached hydrogens (primary N) is 1. The van der Waals surface area contributed by atoms with Crippen molar-refractivity contribution in [1.29, 1.82) is 0 Å². The molecule has 1 rings (SSSR count). The van der Waals surface area contributed by atoms with Crippen molar-refractivity contribution in [2.45, 2.75) is 39.2 Å². The van der Waals surface area contributed by atoms with Crippen molar-refractivity contribution in [2.75, 3.05) is 26.7 Å². The Morgan fingerprint density at radius 1 is 1.50 bits per heavy atom. The van der Waals surface area contributed by atoms with Crippen molar-refractivity contribution in [3.8, 4) is 0 Å². The van der Waals surface area contributed by atoms with E-state index in [1.165, 1.54) is 0 Å². The molecule has 0 aromatic heterocycles. The van der Waals surface area contributed by atoms with Crippen LogP contribution < -0.4 is 5.73 Å². The van der Waals surface area contributed by atoms with Crippen LogP contribution in [0.25, 0.3) is 0 Å². The first-order chi connectivity index (χ1) is 7.56. The lowest BCUT2D eigenvalue weighted by atomic mass is 9.99. The van der Waals surface area contributed by atoms with E-state index in [0.717, 1.165) is 38.3 Å². The molecule has 0 aromatic carbocycles. The second-order valence-electron chi connectivity index (χ2n) is 4.99. The van der Waals surface area contributed by atoms with E-state index < -0.39 is 0 Å². The zero-order valence-corrected chi connectivity index (χ0v) is 10.8. The van der Waals surface area contributed by atoms with Crippen LogP contribution in [0.3, 0.4) is 0 Å². The van der Waals surface area contributed by atoms with Gasteiger partial charge in [-0.2, -0.15) is 0 Å². The van der Waals surface area contributed by atoms with Gasteiger partial charge in [0.25, 0.3) is 0 Å². The molecule has 0 aromatic rings. The monoisotopic (exact) mass is 227 g/mol. The molecule has 1 atom stereocenters. The van der Waals surface area contributed by atoms with Gasteiger partial charge >= 0.3 is 6.03 Å². The van der Waals surface area contributed by atoms with E-state index in [0.29, 0.717) is 6.54 Å². The number of carbonyl (C=O) groups excluding carboxylic acids is 1. The van der Waals surface area contributed by atoms with Crippen molar-refractivity contribution >= 4 is 6.03 Å². The first-order valence-corrected chi connectivity index (χ1v) is 6.28. The van der Waals surface area contributed by atoms with E-state index >= 15 is 0 Å². The molecule has 1 aliphatic heterocycles. The SMILES string of the molecule is CC1CCN(C(=O)N(C)C(C)CCN)CC1. The highest BCUT2D eigenvalue weighted by Crippen LogP contribution is 2.17. The summed E-state index contributed by atoms with van der Waals surface area (Å²) in [5, 5.41) is 0. The maximum atomic E-state index is 12.1. The molecule has 1 fully saturated rings. The number of piperidine rings is 1. The molecule has 2 amide bonds. The molecule has 1 saturated heterocycles. The van der Waals surface area contributed by atoms with Crippen LogP contribution >= 0.6 is 0 Å². The molecular weight excluding hydrogens is 202 g/mol. The first-order valence-electron chi connectivity index (χ1n) is 6.28. The molecule has 0 saturated carbocycles. The van der Waals surface area contributed by atoms with Gasteiger partial charge in [-0.25, -0.2) is 4.79 Å². The predicted molar refractivity (Wildman–Crippen MR) is 66.3 cm³/mol. The number of likely N-dealkylation sites (tertiary alicyclic amines) is 1. The molecule has 94 valence electrons. The lowest BCUT2D eigenvalue weighted by Crippen LogP contribution is -2.48. The lowest BCUT2D eigenvalue weighted by molar-refractivity contribution is 0.130. The summed E-state index contributed by atoms with van der Waals surface area (Å²) < 4.78 is 0. The van der Waals surface area contributed by atoms with Gasteiger partial charge in [-0.3, -0.25) is 0 Å². The fourth-order valence-electron chi connectivity index (χ4n) is 2.05. The Balaban J connectivity index is 2.44. The fraction of sp³-hybridized carbons (Fsp3) is 0.917. The smallest absolute Gasteiger partial charge is 0.319 e. The Hall–Kier alpha value is -0.770. The molecule has 1 heterocycles. The number of hydrogen-bond donors (Lipinski definition) is 1. The van der Waals surface area contributed by atoms with E-state index in [1.807, 2.05) is 16.8 Å². The molecule has 0 spiro atoms. The van der Waals surface area contributed by atoms with Crippen LogP contribution in [0.2, 0.25) is 0 Å². The van der Waals surface area contributed by atoms with Crippen LogP contribution in [0.1, 0.15) is 33.1 Å². The summed E-state index contributed by atoms with van der Waals surface area (Å²) in [6.45, 7) is 6.75. The Labute approximate surface area is 98.8 Å². The summed E-state index contributed by atoms with van der Waals surface area (Å²) >= 11 is 0. The Bertz CT molecular complexity index is 220. The third-order valence-electron chi connectivity index (χ3n) is 3.60.